The van der Waals surface area contributed by atoms with Gasteiger partial charge < -0.3 is 4.42 Å². The zero-order valence-corrected chi connectivity index (χ0v) is 31.1. The maximum Gasteiger partial charge on any atom is 0.164 e. The first-order chi connectivity index (χ1) is 28.0. The Labute approximate surface area is 326 Å². The van der Waals surface area contributed by atoms with Crippen molar-refractivity contribution in [2.24, 2.45) is 0 Å². The SMILES string of the molecule is CC1(C)c2ccccc2-c2ccc(-c3nc(-c4ccc5ccc6ccc7nn(-c8ccccc8)nc7c6c5c4)nc(-c4cccc5oc6ccccc6c45)n3)cc21. The van der Waals surface area contributed by atoms with Crippen molar-refractivity contribution in [2.45, 2.75) is 19.3 Å². The molecule has 0 radical (unpaired) electrons. The van der Waals surface area contributed by atoms with Crippen molar-refractivity contribution in [1.29, 1.82) is 0 Å². The Balaban J connectivity index is 1.10. The van der Waals surface area contributed by atoms with Crippen molar-refractivity contribution >= 4 is 54.5 Å². The second kappa shape index (κ2) is 11.7. The molecule has 7 nitrogen and oxygen atoms in total. The van der Waals surface area contributed by atoms with Crippen molar-refractivity contribution in [3.63, 3.8) is 0 Å². The molecular formula is C50H32N6O. The fourth-order valence-corrected chi connectivity index (χ4v) is 8.89. The highest BCUT2D eigenvalue weighted by atomic mass is 16.3. The van der Waals surface area contributed by atoms with Gasteiger partial charge in [0, 0.05) is 38.3 Å². The molecule has 7 heteroatoms. The van der Waals surface area contributed by atoms with Gasteiger partial charge >= 0.3 is 0 Å². The van der Waals surface area contributed by atoms with Crippen molar-refractivity contribution < 1.29 is 4.42 Å². The van der Waals surface area contributed by atoms with E-state index >= 15 is 0 Å². The zero-order valence-electron chi connectivity index (χ0n) is 31.1. The summed E-state index contributed by atoms with van der Waals surface area (Å²) in [5, 5.41) is 16.2. The smallest absolute Gasteiger partial charge is 0.164 e. The van der Waals surface area contributed by atoms with Crippen LogP contribution in [0.5, 0.6) is 0 Å². The van der Waals surface area contributed by atoms with Crippen LogP contribution in [0.25, 0.3) is 105 Å². The summed E-state index contributed by atoms with van der Waals surface area (Å²) in [6, 6.07) is 54.5. The van der Waals surface area contributed by atoms with Crippen molar-refractivity contribution in [3.8, 4) is 51.0 Å². The Morgan fingerprint density at radius 2 is 1.14 bits per heavy atom. The van der Waals surface area contributed by atoms with Gasteiger partial charge in [-0.25, -0.2) is 15.0 Å². The van der Waals surface area contributed by atoms with Gasteiger partial charge in [-0.3, -0.25) is 0 Å². The van der Waals surface area contributed by atoms with Crippen LogP contribution in [0.15, 0.2) is 162 Å². The highest BCUT2D eigenvalue weighted by molar-refractivity contribution is 6.19. The lowest BCUT2D eigenvalue weighted by molar-refractivity contribution is 0.660. The maximum atomic E-state index is 6.32. The Morgan fingerprint density at radius 1 is 0.474 bits per heavy atom. The van der Waals surface area contributed by atoms with Gasteiger partial charge in [-0.05, 0) is 80.9 Å². The van der Waals surface area contributed by atoms with Crippen molar-refractivity contribution in [1.82, 2.24) is 29.9 Å². The van der Waals surface area contributed by atoms with Crippen molar-refractivity contribution in [3.05, 3.63) is 169 Å². The summed E-state index contributed by atoms with van der Waals surface area (Å²) < 4.78 is 6.32. The second-order valence-electron chi connectivity index (χ2n) is 15.4. The fourth-order valence-electron chi connectivity index (χ4n) is 8.89. The van der Waals surface area contributed by atoms with E-state index in [1.807, 2.05) is 66.7 Å². The molecule has 0 aliphatic heterocycles. The largest absolute Gasteiger partial charge is 0.456 e. The Hall–Kier alpha value is -7.51. The molecule has 3 aromatic heterocycles. The van der Waals surface area contributed by atoms with E-state index in [2.05, 4.69) is 105 Å². The summed E-state index contributed by atoms with van der Waals surface area (Å²) in [5.41, 5.74) is 11.9. The molecule has 0 N–H and O–H groups in total. The standard InChI is InChI=1S/C50H32N6O/c1-50(2)39-16-8-6-13-34(39)35-25-23-32(28-40(35)50)48-51-47(52-49(53-48)37-15-10-18-43-45(37)36-14-7-9-17-42(36)57-43)31-22-20-29-19-21-30-24-26-41-46(44(30)38(29)27-31)55-56(54-41)33-11-4-3-5-12-33/h3-28H,1-2H3. The van der Waals surface area contributed by atoms with E-state index in [0.717, 1.165) is 76.9 Å². The third-order valence-corrected chi connectivity index (χ3v) is 11.7. The number of hydrogen-bond acceptors (Lipinski definition) is 6. The van der Waals surface area contributed by atoms with E-state index in [-0.39, 0.29) is 5.41 Å². The van der Waals surface area contributed by atoms with E-state index in [1.54, 1.807) is 4.80 Å². The Morgan fingerprint density at radius 3 is 2.04 bits per heavy atom. The number of benzene rings is 8. The average molecular weight is 733 g/mol. The fraction of sp³-hybridized carbons (Fsp3) is 0.0600. The summed E-state index contributed by atoms with van der Waals surface area (Å²) in [7, 11) is 0. The molecule has 3 heterocycles. The van der Waals surface area contributed by atoms with Crippen molar-refractivity contribution in [2.75, 3.05) is 0 Å². The lowest BCUT2D eigenvalue weighted by Gasteiger charge is -2.21. The van der Waals surface area contributed by atoms with Gasteiger partial charge in [0.25, 0.3) is 0 Å². The van der Waals surface area contributed by atoms with Gasteiger partial charge in [-0.15, -0.1) is 10.2 Å². The molecule has 11 aromatic rings. The topological polar surface area (TPSA) is 82.5 Å². The van der Waals surface area contributed by atoms with E-state index in [0.29, 0.717) is 17.5 Å². The molecule has 57 heavy (non-hydrogen) atoms. The molecule has 268 valence electrons. The predicted molar refractivity (Wildman–Crippen MR) is 228 cm³/mol. The van der Waals surface area contributed by atoms with Crippen LogP contribution in [0.1, 0.15) is 25.0 Å². The normalized spacial score (nSPS) is 13.2. The van der Waals surface area contributed by atoms with Crippen LogP contribution in [0.2, 0.25) is 0 Å². The minimum Gasteiger partial charge on any atom is -0.456 e. The molecular weight excluding hydrogens is 701 g/mol. The van der Waals surface area contributed by atoms with Crippen LogP contribution < -0.4 is 0 Å². The molecule has 0 unspecified atom stereocenters. The third kappa shape index (κ3) is 4.75. The van der Waals surface area contributed by atoms with Crippen LogP contribution in [0, 0.1) is 0 Å². The number of para-hydroxylation sites is 2. The number of nitrogens with zero attached hydrogens (tertiary/aromatic N) is 6. The quantitative estimate of drug-likeness (QED) is 0.168. The molecule has 0 amide bonds. The first-order valence-electron chi connectivity index (χ1n) is 19.2. The van der Waals surface area contributed by atoms with Crippen LogP contribution in [0.3, 0.4) is 0 Å². The molecule has 12 rings (SSSR count). The number of rotatable bonds is 4. The molecule has 1 aliphatic rings. The van der Waals surface area contributed by atoms with Gasteiger partial charge in [0.2, 0.25) is 0 Å². The third-order valence-electron chi connectivity index (χ3n) is 11.7. The molecule has 0 atom stereocenters. The lowest BCUT2D eigenvalue weighted by Crippen LogP contribution is -2.15. The van der Waals surface area contributed by atoms with Gasteiger partial charge in [-0.2, -0.15) is 4.80 Å². The highest BCUT2D eigenvalue weighted by Gasteiger charge is 2.35. The summed E-state index contributed by atoms with van der Waals surface area (Å²) in [6.45, 7) is 4.59. The van der Waals surface area contributed by atoms with E-state index < -0.39 is 0 Å². The van der Waals surface area contributed by atoms with Crippen LogP contribution >= 0.6 is 0 Å². The van der Waals surface area contributed by atoms with E-state index in [1.165, 1.54) is 22.3 Å². The predicted octanol–water partition coefficient (Wildman–Crippen LogP) is 12.1. The summed E-state index contributed by atoms with van der Waals surface area (Å²) in [4.78, 5) is 17.5. The van der Waals surface area contributed by atoms with Gasteiger partial charge in [-0.1, -0.05) is 129 Å². The zero-order chi connectivity index (χ0) is 37.8. The first kappa shape index (κ1) is 31.8. The molecule has 8 aromatic carbocycles. The van der Waals surface area contributed by atoms with Gasteiger partial charge in [0.05, 0.1) is 5.69 Å². The van der Waals surface area contributed by atoms with E-state index in [9.17, 15) is 0 Å². The molecule has 0 bridgehead atoms. The molecule has 0 spiro atoms. The van der Waals surface area contributed by atoms with Crippen LogP contribution in [-0.4, -0.2) is 29.9 Å². The number of furan rings is 1. The van der Waals surface area contributed by atoms with Crippen LogP contribution in [-0.2, 0) is 5.41 Å². The maximum absolute atomic E-state index is 6.32. The first-order valence-corrected chi connectivity index (χ1v) is 19.2. The highest BCUT2D eigenvalue weighted by Crippen LogP contribution is 2.49. The average Bonchev–Trinajstić information content (AvgIpc) is 3.94. The number of hydrogen-bond donors (Lipinski definition) is 0. The number of fused-ring (bicyclic) bond motifs is 11. The van der Waals surface area contributed by atoms with Gasteiger partial charge in [0.15, 0.2) is 17.5 Å². The molecule has 0 saturated heterocycles. The summed E-state index contributed by atoms with van der Waals surface area (Å²) in [5.74, 6) is 1.78. The minimum absolute atomic E-state index is 0.172. The summed E-state index contributed by atoms with van der Waals surface area (Å²) in [6.07, 6.45) is 0. The van der Waals surface area contributed by atoms with Gasteiger partial charge in [0.1, 0.15) is 22.2 Å². The number of aromatic nitrogens is 6. The van der Waals surface area contributed by atoms with Crippen LogP contribution in [0.4, 0.5) is 0 Å². The molecule has 0 saturated carbocycles. The molecule has 1 aliphatic carbocycles. The minimum atomic E-state index is -0.172. The Bertz CT molecular complexity index is 3450. The summed E-state index contributed by atoms with van der Waals surface area (Å²) >= 11 is 0. The second-order valence-corrected chi connectivity index (χ2v) is 15.4. The molecule has 0 fully saturated rings. The van der Waals surface area contributed by atoms with E-state index in [4.69, 9.17) is 29.6 Å². The Kier molecular flexibility index (Phi) is 6.55. The monoisotopic (exact) mass is 732 g/mol. The lowest BCUT2D eigenvalue weighted by atomic mass is 9.82.